The average molecular weight is 884 g/mol. The first-order chi connectivity index (χ1) is 29.8. The van der Waals surface area contributed by atoms with Gasteiger partial charge in [-0.25, -0.2) is 0 Å². The second kappa shape index (κ2) is 16.1. The zero-order valence-electron chi connectivity index (χ0n) is 40.7. The van der Waals surface area contributed by atoms with Crippen LogP contribution in [0.15, 0.2) is 35.4 Å². The first-order valence-corrected chi connectivity index (χ1v) is 24.6. The van der Waals surface area contributed by atoms with Gasteiger partial charge in [0.05, 0.1) is 30.6 Å². The third-order valence-electron chi connectivity index (χ3n) is 19.6. The number of hydrogen-bond acceptors (Lipinski definition) is 8. The Morgan fingerprint density at radius 2 is 1.52 bits per heavy atom. The van der Waals surface area contributed by atoms with Crippen LogP contribution < -0.4 is 10.6 Å². The molecule has 6 aliphatic carbocycles. The van der Waals surface area contributed by atoms with Gasteiger partial charge in [-0.15, -0.1) is 0 Å². The summed E-state index contributed by atoms with van der Waals surface area (Å²) in [6, 6.07) is 7.61. The molecule has 2 amide bonds. The minimum absolute atomic E-state index is 0.0145. The maximum atomic E-state index is 14.6. The van der Waals surface area contributed by atoms with E-state index in [0.29, 0.717) is 30.2 Å². The predicted octanol–water partition coefficient (Wildman–Crippen LogP) is 8.54. The van der Waals surface area contributed by atoms with Gasteiger partial charge in [0, 0.05) is 37.0 Å². The Balaban J connectivity index is 0.994. The first-order valence-electron chi connectivity index (χ1n) is 24.6. The van der Waals surface area contributed by atoms with Crippen molar-refractivity contribution in [3.63, 3.8) is 0 Å². The number of morpholine rings is 1. The van der Waals surface area contributed by atoms with E-state index in [9.17, 15) is 29.1 Å². The number of esters is 1. The summed E-state index contributed by atoms with van der Waals surface area (Å²) in [6.07, 6.45) is 7.69. The van der Waals surface area contributed by atoms with Gasteiger partial charge in [-0.05, 0) is 146 Å². The summed E-state index contributed by atoms with van der Waals surface area (Å²) in [5.74, 6) is -1.56. The molecule has 352 valence electrons. The average Bonchev–Trinajstić information content (AvgIpc) is 3.50. The number of Topliss-reactive ketones (excluding diaryl/α,β-unsaturated/α-hetero) is 1. The smallest absolute Gasteiger partial charge is 0.309 e. The number of carboxylic acids is 1. The molecule has 6 fully saturated rings. The Morgan fingerprint density at radius 1 is 0.844 bits per heavy atom. The molecule has 0 radical (unpaired) electrons. The third-order valence-corrected chi connectivity index (χ3v) is 19.6. The van der Waals surface area contributed by atoms with E-state index in [0.717, 1.165) is 94.5 Å². The number of ether oxygens (including phenoxy) is 2. The van der Waals surface area contributed by atoms with Crippen molar-refractivity contribution < 1.29 is 38.6 Å². The monoisotopic (exact) mass is 884 g/mol. The number of ketones is 1. The SMILES string of the molecule is CC(C)C1=C2[C@H]3CC[C@@H]4[C@@]5(C)CC[C@H](OC(=O)[C@H]6C[C@@H](C(=O)O)C6(C)C)C(C)(C)[C@@H]5CC[C@@]4(C)[C@]3(C)CC[C@@]2(NC(=O)C(C)(C)NC(=O)c2ccc(CN3CCOCC3)cc2)CC1=O. The van der Waals surface area contributed by atoms with Crippen LogP contribution in [-0.2, 0) is 35.2 Å². The minimum atomic E-state index is -1.24. The number of benzene rings is 1. The van der Waals surface area contributed by atoms with Crippen molar-refractivity contribution in [2.75, 3.05) is 26.3 Å². The van der Waals surface area contributed by atoms with Gasteiger partial charge in [0.15, 0.2) is 5.78 Å². The molecule has 0 unspecified atom stereocenters. The number of hydrogen-bond donors (Lipinski definition) is 3. The van der Waals surface area contributed by atoms with Crippen LogP contribution in [0, 0.1) is 62.6 Å². The van der Waals surface area contributed by atoms with Crippen molar-refractivity contribution in [1.82, 2.24) is 15.5 Å². The molecule has 1 heterocycles. The second-order valence-corrected chi connectivity index (χ2v) is 24.2. The van der Waals surface area contributed by atoms with Crippen molar-refractivity contribution in [3.05, 3.63) is 46.5 Å². The van der Waals surface area contributed by atoms with E-state index in [1.54, 1.807) is 13.8 Å². The van der Waals surface area contributed by atoms with Gasteiger partial charge in [-0.2, -0.15) is 0 Å². The van der Waals surface area contributed by atoms with E-state index in [1.165, 1.54) is 0 Å². The van der Waals surface area contributed by atoms with Crippen molar-refractivity contribution in [2.24, 2.45) is 62.6 Å². The summed E-state index contributed by atoms with van der Waals surface area (Å²) in [6.45, 7) is 27.6. The Labute approximate surface area is 382 Å². The molecule has 1 saturated heterocycles. The van der Waals surface area contributed by atoms with Crippen LogP contribution in [0.4, 0.5) is 0 Å². The second-order valence-electron chi connectivity index (χ2n) is 24.2. The quantitative estimate of drug-likeness (QED) is 0.197. The first kappa shape index (κ1) is 46.9. The van der Waals surface area contributed by atoms with Crippen molar-refractivity contribution in [2.45, 2.75) is 164 Å². The van der Waals surface area contributed by atoms with Crippen LogP contribution in [0.2, 0.25) is 0 Å². The number of aliphatic carboxylic acids is 1. The molecular formula is C53H77N3O8. The predicted molar refractivity (Wildman–Crippen MR) is 245 cm³/mol. The van der Waals surface area contributed by atoms with E-state index in [-0.39, 0.29) is 69.6 Å². The zero-order chi connectivity index (χ0) is 46.6. The fourth-order valence-corrected chi connectivity index (χ4v) is 15.5. The number of carbonyl (C=O) groups excluding carboxylic acids is 4. The normalized spacial score (nSPS) is 37.9. The maximum Gasteiger partial charge on any atom is 0.309 e. The topological polar surface area (TPSA) is 151 Å². The van der Waals surface area contributed by atoms with E-state index >= 15 is 0 Å². The Morgan fingerprint density at radius 3 is 2.14 bits per heavy atom. The van der Waals surface area contributed by atoms with Gasteiger partial charge < -0.3 is 25.2 Å². The highest BCUT2D eigenvalue weighted by molar-refractivity contribution is 6.03. The van der Waals surface area contributed by atoms with Crippen LogP contribution in [-0.4, -0.2) is 83.0 Å². The van der Waals surface area contributed by atoms with E-state index in [2.05, 4.69) is 64.0 Å². The fraction of sp³-hybridized carbons (Fsp3) is 0.755. The molecule has 7 aliphatic rings. The molecule has 5 saturated carbocycles. The number of nitrogens with one attached hydrogen (secondary N) is 2. The molecule has 8 rings (SSSR count). The van der Waals surface area contributed by atoms with Crippen molar-refractivity contribution >= 4 is 29.5 Å². The molecule has 11 heteroatoms. The number of fused-ring (bicyclic) bond motifs is 7. The summed E-state index contributed by atoms with van der Waals surface area (Å²) < 4.78 is 11.9. The number of rotatable bonds is 10. The molecule has 3 N–H and O–H groups in total. The van der Waals surface area contributed by atoms with Crippen LogP contribution in [0.3, 0.4) is 0 Å². The van der Waals surface area contributed by atoms with Gasteiger partial charge in [0.25, 0.3) is 5.91 Å². The standard InChI is InChI=1S/C53H77N3O8/c1-31(2)41-37(57)29-53(55-46(62)49(7,8)54-43(58)33-14-12-32(13-15-33)30-56-24-26-63-27-25-56)23-22-51(10)34(42(41)53)16-17-39-50(9)20-19-40(48(5,6)38(50)18-21-52(39,51)11)64-45(61)36-28-35(44(59)60)47(36,3)4/h12-15,31,34-36,38-40H,16-30H2,1-11H3,(H,54,58)(H,55,62)(H,59,60)/t34-,35+,36-,38+,39-,40+,50+,51-,52-,53-/m1/s1. The summed E-state index contributed by atoms with van der Waals surface area (Å²) in [4.78, 5) is 70.4. The molecular weight excluding hydrogens is 807 g/mol. The fourth-order valence-electron chi connectivity index (χ4n) is 15.5. The number of nitrogens with zero attached hydrogens (tertiary/aromatic N) is 1. The lowest BCUT2D eigenvalue weighted by Crippen LogP contribution is -2.68. The lowest BCUT2D eigenvalue weighted by Gasteiger charge is -2.72. The van der Waals surface area contributed by atoms with Crippen LogP contribution in [0.1, 0.15) is 156 Å². The Kier molecular flexibility index (Phi) is 11.8. The Hall–Kier alpha value is -3.57. The molecule has 1 aromatic carbocycles. The molecule has 10 atom stereocenters. The Bertz CT molecular complexity index is 2100. The van der Waals surface area contributed by atoms with Crippen LogP contribution >= 0.6 is 0 Å². The minimum Gasteiger partial charge on any atom is -0.481 e. The summed E-state index contributed by atoms with van der Waals surface area (Å²) in [7, 11) is 0. The maximum absolute atomic E-state index is 14.6. The summed E-state index contributed by atoms with van der Waals surface area (Å²) in [5.41, 5.74) is 0.631. The summed E-state index contributed by atoms with van der Waals surface area (Å²) >= 11 is 0. The molecule has 0 spiro atoms. The molecule has 1 aliphatic heterocycles. The molecule has 0 aromatic heterocycles. The van der Waals surface area contributed by atoms with Gasteiger partial charge in [0.2, 0.25) is 5.91 Å². The highest BCUT2D eigenvalue weighted by Gasteiger charge is 2.71. The van der Waals surface area contributed by atoms with E-state index in [1.807, 2.05) is 38.1 Å². The van der Waals surface area contributed by atoms with Gasteiger partial charge in [0.1, 0.15) is 11.6 Å². The molecule has 1 aromatic rings. The molecule has 64 heavy (non-hydrogen) atoms. The summed E-state index contributed by atoms with van der Waals surface area (Å²) in [5, 5.41) is 16.2. The lowest BCUT2D eigenvalue weighted by molar-refractivity contribution is -0.235. The van der Waals surface area contributed by atoms with E-state index in [4.69, 9.17) is 9.47 Å². The number of carboxylic acid groups (broad SMARTS) is 1. The lowest BCUT2D eigenvalue weighted by atomic mass is 9.33. The van der Waals surface area contributed by atoms with Crippen molar-refractivity contribution in [3.8, 4) is 0 Å². The number of allylic oxidation sites excluding steroid dienone is 1. The zero-order valence-corrected chi connectivity index (χ0v) is 40.7. The third kappa shape index (κ3) is 7.30. The highest BCUT2D eigenvalue weighted by atomic mass is 16.5. The number of carbonyl (C=O) groups is 5. The highest BCUT2D eigenvalue weighted by Crippen LogP contribution is 2.76. The van der Waals surface area contributed by atoms with Crippen LogP contribution in [0.25, 0.3) is 0 Å². The van der Waals surface area contributed by atoms with Gasteiger partial charge >= 0.3 is 11.9 Å². The van der Waals surface area contributed by atoms with Crippen LogP contribution in [0.5, 0.6) is 0 Å². The number of amides is 2. The van der Waals surface area contributed by atoms with Crippen molar-refractivity contribution in [1.29, 1.82) is 0 Å². The van der Waals surface area contributed by atoms with Gasteiger partial charge in [-0.3, -0.25) is 28.9 Å². The van der Waals surface area contributed by atoms with Gasteiger partial charge in [-0.1, -0.05) is 74.4 Å². The van der Waals surface area contributed by atoms with E-state index < -0.39 is 34.3 Å². The molecule has 0 bridgehead atoms. The largest absolute Gasteiger partial charge is 0.481 e. The molecule has 11 nitrogen and oxygen atoms in total.